The Kier molecular flexibility index (Phi) is 7.79. The monoisotopic (exact) mass is 515 g/mol. The molecule has 4 aromatic rings. The Bertz CT molecular complexity index is 1380. The largest absolute Gasteiger partial charge is 0.369 e. The Hall–Kier alpha value is -3.33. The molecule has 0 aliphatic carbocycles. The number of anilines is 1. The second-order valence-corrected chi connectivity index (χ2v) is 11.5. The number of piperidine rings is 1. The second kappa shape index (κ2) is 11.4. The molecular weight excluding hydrogens is 482 g/mol. The van der Waals surface area contributed by atoms with Crippen molar-refractivity contribution in [2.24, 2.45) is 0 Å². The first-order chi connectivity index (χ1) is 18.0. The number of benzene rings is 2. The van der Waals surface area contributed by atoms with Crippen LogP contribution in [0.2, 0.25) is 0 Å². The summed E-state index contributed by atoms with van der Waals surface area (Å²) in [5.74, 6) is 0.840. The number of sulfonamides is 1. The normalized spacial score (nSPS) is 15.3. The first-order valence-corrected chi connectivity index (χ1v) is 14.3. The van der Waals surface area contributed by atoms with Gasteiger partial charge in [0.2, 0.25) is 10.0 Å². The van der Waals surface area contributed by atoms with E-state index in [0.29, 0.717) is 12.8 Å². The topological polar surface area (TPSA) is 87.2 Å². The van der Waals surface area contributed by atoms with Gasteiger partial charge >= 0.3 is 0 Å². The highest BCUT2D eigenvalue weighted by Crippen LogP contribution is 2.26. The molecule has 0 atom stereocenters. The van der Waals surface area contributed by atoms with E-state index in [9.17, 15) is 8.42 Å². The van der Waals surface area contributed by atoms with E-state index in [4.69, 9.17) is 0 Å². The average Bonchev–Trinajstić information content (AvgIpc) is 2.93. The summed E-state index contributed by atoms with van der Waals surface area (Å²) in [6.45, 7) is 5.09. The molecular formula is C29H33N5O2S. The minimum absolute atomic E-state index is 0.398. The Morgan fingerprint density at radius 3 is 2.22 bits per heavy atom. The van der Waals surface area contributed by atoms with Crippen LogP contribution in [0.4, 0.5) is 5.82 Å². The number of rotatable bonds is 9. The third-order valence-electron chi connectivity index (χ3n) is 7.07. The molecule has 1 aliphatic heterocycles. The zero-order valence-electron chi connectivity index (χ0n) is 21.0. The fraction of sp³-hybridized carbons (Fsp3) is 0.310. The summed E-state index contributed by atoms with van der Waals surface area (Å²) in [6.07, 6.45) is 3.02. The number of pyridine rings is 2. The van der Waals surface area contributed by atoms with Gasteiger partial charge in [0.15, 0.2) is 0 Å². The van der Waals surface area contributed by atoms with Crippen LogP contribution in [0.5, 0.6) is 0 Å². The number of hydrogen-bond donors (Lipinski definition) is 2. The maximum atomic E-state index is 13.4. The minimum Gasteiger partial charge on any atom is -0.369 e. The van der Waals surface area contributed by atoms with Gasteiger partial charge in [-0.15, -0.1) is 0 Å². The predicted octanol–water partition coefficient (Wildman–Crippen LogP) is 4.52. The zero-order chi connectivity index (χ0) is 25.7. The van der Waals surface area contributed by atoms with E-state index in [-0.39, 0.29) is 0 Å². The van der Waals surface area contributed by atoms with Crippen molar-refractivity contribution in [2.75, 3.05) is 31.5 Å². The highest BCUT2D eigenvalue weighted by atomic mass is 32.2. The van der Waals surface area contributed by atoms with Crippen LogP contribution in [0.1, 0.15) is 35.7 Å². The molecule has 37 heavy (non-hydrogen) atoms. The molecule has 1 saturated heterocycles. The number of aromatic nitrogens is 2. The molecule has 2 aromatic carbocycles. The van der Waals surface area contributed by atoms with Crippen LogP contribution >= 0.6 is 0 Å². The Morgan fingerprint density at radius 2 is 1.57 bits per heavy atom. The second-order valence-electron chi connectivity index (χ2n) is 9.54. The van der Waals surface area contributed by atoms with Crippen molar-refractivity contribution in [3.63, 3.8) is 0 Å². The Balaban J connectivity index is 1.16. The van der Waals surface area contributed by atoms with Gasteiger partial charge < -0.3 is 10.2 Å². The lowest BCUT2D eigenvalue weighted by Crippen LogP contribution is -2.45. The summed E-state index contributed by atoms with van der Waals surface area (Å²) in [5.41, 5.74) is 3.78. The minimum atomic E-state index is -3.50. The molecule has 1 fully saturated rings. The molecule has 5 rings (SSSR count). The zero-order valence-corrected chi connectivity index (χ0v) is 21.9. The molecule has 1 aliphatic rings. The maximum absolute atomic E-state index is 13.4. The Labute approximate surface area is 219 Å². The van der Waals surface area contributed by atoms with Crippen molar-refractivity contribution < 1.29 is 8.42 Å². The van der Waals surface area contributed by atoms with Crippen LogP contribution in [0.15, 0.2) is 85.1 Å². The number of likely N-dealkylation sites (tertiary alicyclic amines) is 1. The lowest BCUT2D eigenvalue weighted by Gasteiger charge is -2.32. The maximum Gasteiger partial charge on any atom is 0.215 e. The third-order valence-corrected chi connectivity index (χ3v) is 8.98. The van der Waals surface area contributed by atoms with Gasteiger partial charge in [0, 0.05) is 30.4 Å². The molecule has 0 saturated carbocycles. The fourth-order valence-corrected chi connectivity index (χ4v) is 6.59. The summed E-state index contributed by atoms with van der Waals surface area (Å²) >= 11 is 0. The molecule has 8 heteroatoms. The van der Waals surface area contributed by atoms with E-state index in [2.05, 4.69) is 31.0 Å². The number of nitrogens with zero attached hydrogens (tertiary/aromatic N) is 3. The van der Waals surface area contributed by atoms with E-state index < -0.39 is 21.3 Å². The molecule has 3 heterocycles. The lowest BCUT2D eigenvalue weighted by atomic mass is 10.00. The molecule has 0 radical (unpaired) electrons. The molecule has 0 spiro atoms. The third kappa shape index (κ3) is 6.15. The van der Waals surface area contributed by atoms with Crippen LogP contribution in [0.3, 0.4) is 0 Å². The molecule has 7 nitrogen and oxygen atoms in total. The van der Waals surface area contributed by atoms with Crippen LogP contribution in [0.25, 0.3) is 10.9 Å². The molecule has 0 bridgehead atoms. The Morgan fingerprint density at radius 1 is 0.919 bits per heavy atom. The molecule has 2 aromatic heterocycles. The average molecular weight is 516 g/mol. The highest BCUT2D eigenvalue weighted by molar-refractivity contribution is 7.90. The van der Waals surface area contributed by atoms with Crippen molar-refractivity contribution in [3.05, 3.63) is 102 Å². The number of aryl methyl sites for hydroxylation is 1. The van der Waals surface area contributed by atoms with Crippen molar-refractivity contribution in [1.29, 1.82) is 0 Å². The van der Waals surface area contributed by atoms with Crippen molar-refractivity contribution in [2.45, 2.75) is 31.1 Å². The van der Waals surface area contributed by atoms with Gasteiger partial charge in [-0.1, -0.05) is 60.7 Å². The van der Waals surface area contributed by atoms with Crippen molar-refractivity contribution >= 4 is 26.7 Å². The van der Waals surface area contributed by atoms with Gasteiger partial charge in [-0.25, -0.2) is 18.1 Å². The van der Waals surface area contributed by atoms with E-state index in [0.717, 1.165) is 59.7 Å². The van der Waals surface area contributed by atoms with Gasteiger partial charge in [0.25, 0.3) is 0 Å². The van der Waals surface area contributed by atoms with Crippen molar-refractivity contribution in [1.82, 2.24) is 19.6 Å². The standard InChI is InChI=1S/C29H33N5O2S/c1-22-26-12-13-28(32-27(26)14-17-30-22)31-18-21-34-19-15-25(16-20-34)37(35,36)33-29(23-8-4-2-5-9-23)24-10-6-3-7-11-24/h2-14,17,25,29,33H,15-16,18-21H2,1H3,(H,31,32). The molecule has 0 amide bonds. The van der Waals surface area contributed by atoms with Gasteiger partial charge in [0.1, 0.15) is 5.82 Å². The van der Waals surface area contributed by atoms with E-state index in [1.54, 1.807) is 6.20 Å². The van der Waals surface area contributed by atoms with E-state index >= 15 is 0 Å². The summed E-state index contributed by atoms with van der Waals surface area (Å²) in [6, 6.07) is 25.1. The smallest absolute Gasteiger partial charge is 0.215 e. The summed E-state index contributed by atoms with van der Waals surface area (Å²) in [7, 11) is -3.50. The summed E-state index contributed by atoms with van der Waals surface area (Å²) < 4.78 is 29.9. The van der Waals surface area contributed by atoms with E-state index in [1.165, 1.54) is 0 Å². The van der Waals surface area contributed by atoms with Gasteiger partial charge in [-0.05, 0) is 62.2 Å². The molecule has 192 valence electrons. The first kappa shape index (κ1) is 25.3. The number of hydrogen-bond acceptors (Lipinski definition) is 6. The van der Waals surface area contributed by atoms with Crippen LogP contribution in [0, 0.1) is 6.92 Å². The fourth-order valence-electron chi connectivity index (χ4n) is 4.96. The van der Waals surface area contributed by atoms with Crippen LogP contribution < -0.4 is 10.0 Å². The van der Waals surface area contributed by atoms with Gasteiger partial charge in [-0.2, -0.15) is 0 Å². The quantitative estimate of drug-likeness (QED) is 0.341. The van der Waals surface area contributed by atoms with Gasteiger partial charge in [-0.3, -0.25) is 4.98 Å². The SMILES string of the molecule is Cc1nccc2nc(NCCN3CCC(S(=O)(=O)NC(c4ccccc4)c4ccccc4)CC3)ccc12. The molecule has 2 N–H and O–H groups in total. The van der Waals surface area contributed by atoms with Gasteiger partial charge in [0.05, 0.1) is 16.8 Å². The van der Waals surface area contributed by atoms with Crippen molar-refractivity contribution in [3.8, 4) is 0 Å². The number of nitrogens with one attached hydrogen (secondary N) is 2. The number of fused-ring (bicyclic) bond motifs is 1. The van der Waals surface area contributed by atoms with Crippen LogP contribution in [-0.2, 0) is 10.0 Å². The highest BCUT2D eigenvalue weighted by Gasteiger charge is 2.32. The predicted molar refractivity (Wildman–Crippen MR) is 149 cm³/mol. The molecule has 0 unspecified atom stereocenters. The van der Waals surface area contributed by atoms with E-state index in [1.807, 2.05) is 79.7 Å². The lowest BCUT2D eigenvalue weighted by molar-refractivity contribution is 0.237. The summed E-state index contributed by atoms with van der Waals surface area (Å²) in [4.78, 5) is 11.3. The summed E-state index contributed by atoms with van der Waals surface area (Å²) in [5, 5.41) is 4.07. The first-order valence-electron chi connectivity index (χ1n) is 12.8. The van der Waals surface area contributed by atoms with Crippen LogP contribution in [-0.4, -0.2) is 54.7 Å².